The number of hydrogen-bond acceptors (Lipinski definition) is 6. The van der Waals surface area contributed by atoms with Gasteiger partial charge in [-0.3, -0.25) is 14.4 Å². The number of ether oxygens (including phenoxy) is 1. The molecule has 0 radical (unpaired) electrons. The van der Waals surface area contributed by atoms with Crippen LogP contribution in [0, 0.1) is 6.92 Å². The molecule has 0 saturated carbocycles. The van der Waals surface area contributed by atoms with Crippen LogP contribution in [0.5, 0.6) is 0 Å². The van der Waals surface area contributed by atoms with Crippen LogP contribution in [0.15, 0.2) is 53.3 Å². The number of hydrogen-bond donors (Lipinski definition) is 1. The highest BCUT2D eigenvalue weighted by atomic mass is 16.5. The Balaban J connectivity index is 1.58. The maximum absolute atomic E-state index is 13.2. The summed E-state index contributed by atoms with van der Waals surface area (Å²) in [6.45, 7) is 3.58. The lowest BCUT2D eigenvalue weighted by molar-refractivity contribution is -0.125. The van der Waals surface area contributed by atoms with Gasteiger partial charge in [-0.05, 0) is 12.5 Å². The molecule has 1 N–H and O–H groups in total. The van der Waals surface area contributed by atoms with Crippen LogP contribution in [0.1, 0.15) is 29.0 Å². The van der Waals surface area contributed by atoms with Gasteiger partial charge >= 0.3 is 0 Å². The van der Waals surface area contributed by atoms with Crippen LogP contribution >= 0.6 is 0 Å². The molecule has 1 amide bonds. The van der Waals surface area contributed by atoms with Crippen molar-refractivity contribution in [1.82, 2.24) is 19.8 Å². The Labute approximate surface area is 163 Å². The first-order valence-corrected chi connectivity index (χ1v) is 9.23. The van der Waals surface area contributed by atoms with Crippen molar-refractivity contribution in [1.29, 1.82) is 0 Å². The molecule has 2 atom stereocenters. The van der Waals surface area contributed by atoms with Crippen LogP contribution in [0.4, 0.5) is 5.82 Å². The number of anilines is 1. The average molecular weight is 381 g/mol. The standard InChI is InChI=1S/C20H23N5O3/c1-14-10-18(23-28-14)22-20(26)19(15-6-4-3-5-7-15)25-8-9-27-17(13-25)16-11-21-24(2)12-16/h3-7,10-12,17,19H,8-9,13H2,1-2H3,(H,22,23,26). The van der Waals surface area contributed by atoms with Crippen LogP contribution in [0.25, 0.3) is 0 Å². The van der Waals surface area contributed by atoms with E-state index in [1.165, 1.54) is 0 Å². The number of aromatic nitrogens is 3. The molecule has 1 fully saturated rings. The average Bonchev–Trinajstić information content (AvgIpc) is 3.31. The lowest BCUT2D eigenvalue weighted by atomic mass is 10.0. The first kappa shape index (κ1) is 18.4. The molecule has 4 rings (SSSR count). The van der Waals surface area contributed by atoms with Crippen molar-refractivity contribution in [2.24, 2.45) is 7.05 Å². The second-order valence-electron chi connectivity index (χ2n) is 6.93. The molecule has 1 aromatic carbocycles. The van der Waals surface area contributed by atoms with Crippen molar-refractivity contribution in [2.75, 3.05) is 25.0 Å². The van der Waals surface area contributed by atoms with Crippen LogP contribution < -0.4 is 5.32 Å². The molecular formula is C20H23N5O3. The molecule has 8 nitrogen and oxygen atoms in total. The van der Waals surface area contributed by atoms with Crippen molar-refractivity contribution >= 4 is 11.7 Å². The van der Waals surface area contributed by atoms with Gasteiger partial charge in [0.05, 0.1) is 18.9 Å². The quantitative estimate of drug-likeness (QED) is 0.731. The number of carbonyl (C=O) groups is 1. The number of nitrogens with zero attached hydrogens (tertiary/aromatic N) is 4. The lowest BCUT2D eigenvalue weighted by Crippen LogP contribution is -2.45. The molecule has 3 heterocycles. The summed E-state index contributed by atoms with van der Waals surface area (Å²) in [5.41, 5.74) is 1.93. The summed E-state index contributed by atoms with van der Waals surface area (Å²) in [5.74, 6) is 0.918. The van der Waals surface area contributed by atoms with Gasteiger partial charge in [0.15, 0.2) is 5.82 Å². The zero-order valence-corrected chi connectivity index (χ0v) is 15.9. The van der Waals surface area contributed by atoms with Crippen molar-refractivity contribution < 1.29 is 14.1 Å². The Hall–Kier alpha value is -2.97. The number of carbonyl (C=O) groups excluding carboxylic acids is 1. The Bertz CT molecular complexity index is 936. The smallest absolute Gasteiger partial charge is 0.247 e. The molecule has 1 aliphatic rings. The van der Waals surface area contributed by atoms with Crippen LogP contribution in [0.2, 0.25) is 0 Å². The molecule has 2 unspecified atom stereocenters. The summed E-state index contributed by atoms with van der Waals surface area (Å²) in [5, 5.41) is 11.0. The molecule has 0 aliphatic carbocycles. The van der Waals surface area contributed by atoms with E-state index in [0.29, 0.717) is 31.3 Å². The maximum atomic E-state index is 13.2. The third kappa shape index (κ3) is 3.97. The molecule has 8 heteroatoms. The van der Waals surface area contributed by atoms with E-state index in [9.17, 15) is 4.79 Å². The third-order valence-corrected chi connectivity index (χ3v) is 4.80. The highest BCUT2D eigenvalue weighted by molar-refractivity contribution is 5.94. The molecule has 0 spiro atoms. The van der Waals surface area contributed by atoms with E-state index in [4.69, 9.17) is 9.26 Å². The molecule has 2 aromatic heterocycles. The molecule has 1 saturated heterocycles. The minimum atomic E-state index is -0.457. The zero-order chi connectivity index (χ0) is 19.5. The molecule has 0 bridgehead atoms. The Morgan fingerprint density at radius 2 is 2.14 bits per heavy atom. The van der Waals surface area contributed by atoms with E-state index in [-0.39, 0.29) is 12.0 Å². The fraction of sp³-hybridized carbons (Fsp3) is 0.350. The highest BCUT2D eigenvalue weighted by Crippen LogP contribution is 2.29. The fourth-order valence-electron chi connectivity index (χ4n) is 3.49. The Morgan fingerprint density at radius 3 is 2.82 bits per heavy atom. The predicted molar refractivity (Wildman–Crippen MR) is 103 cm³/mol. The zero-order valence-electron chi connectivity index (χ0n) is 15.9. The normalized spacial score (nSPS) is 18.7. The van der Waals surface area contributed by atoms with E-state index in [0.717, 1.165) is 11.1 Å². The Kier molecular flexibility index (Phi) is 5.23. The first-order chi connectivity index (χ1) is 13.6. The van der Waals surface area contributed by atoms with Gasteiger partial charge in [0.1, 0.15) is 11.8 Å². The lowest BCUT2D eigenvalue weighted by Gasteiger charge is -2.37. The van der Waals surface area contributed by atoms with E-state index < -0.39 is 6.04 Å². The number of benzene rings is 1. The summed E-state index contributed by atoms with van der Waals surface area (Å²) in [6, 6.07) is 11.0. The summed E-state index contributed by atoms with van der Waals surface area (Å²) >= 11 is 0. The first-order valence-electron chi connectivity index (χ1n) is 9.23. The summed E-state index contributed by atoms with van der Waals surface area (Å²) < 4.78 is 12.8. The van der Waals surface area contributed by atoms with Gasteiger partial charge in [-0.15, -0.1) is 0 Å². The molecule has 28 heavy (non-hydrogen) atoms. The maximum Gasteiger partial charge on any atom is 0.247 e. The minimum absolute atomic E-state index is 0.129. The largest absolute Gasteiger partial charge is 0.371 e. The Morgan fingerprint density at radius 1 is 1.32 bits per heavy atom. The van der Waals surface area contributed by atoms with Gasteiger partial charge < -0.3 is 14.6 Å². The molecule has 146 valence electrons. The second-order valence-corrected chi connectivity index (χ2v) is 6.93. The van der Waals surface area contributed by atoms with E-state index in [1.54, 1.807) is 17.7 Å². The van der Waals surface area contributed by atoms with E-state index >= 15 is 0 Å². The second kappa shape index (κ2) is 7.95. The number of amides is 1. The fourth-order valence-corrected chi connectivity index (χ4v) is 3.49. The van der Waals surface area contributed by atoms with Crippen LogP contribution in [0.3, 0.4) is 0 Å². The number of morpholine rings is 1. The van der Waals surface area contributed by atoms with Crippen molar-refractivity contribution in [3.05, 3.63) is 65.7 Å². The SMILES string of the molecule is Cc1cc(NC(=O)C(c2ccccc2)N2CCOC(c3cnn(C)c3)C2)no1. The summed E-state index contributed by atoms with van der Waals surface area (Å²) in [7, 11) is 1.88. The predicted octanol–water partition coefficient (Wildman–Crippen LogP) is 2.47. The molecule has 3 aromatic rings. The van der Waals surface area contributed by atoms with Crippen molar-refractivity contribution in [3.63, 3.8) is 0 Å². The van der Waals surface area contributed by atoms with E-state index in [1.807, 2.05) is 49.8 Å². The molecular weight excluding hydrogens is 358 g/mol. The van der Waals surface area contributed by atoms with Crippen molar-refractivity contribution in [2.45, 2.75) is 19.1 Å². The van der Waals surface area contributed by atoms with Gasteiger partial charge in [0.2, 0.25) is 5.91 Å². The van der Waals surface area contributed by atoms with Crippen LogP contribution in [-0.2, 0) is 16.6 Å². The number of nitrogens with one attached hydrogen (secondary N) is 1. The van der Waals surface area contributed by atoms with E-state index in [2.05, 4.69) is 20.5 Å². The van der Waals surface area contributed by atoms with Crippen LogP contribution in [-0.4, -0.2) is 45.4 Å². The number of rotatable bonds is 5. The summed E-state index contributed by atoms with van der Waals surface area (Å²) in [4.78, 5) is 15.3. The summed E-state index contributed by atoms with van der Waals surface area (Å²) in [6.07, 6.45) is 3.63. The van der Waals surface area contributed by atoms with Gasteiger partial charge in [-0.25, -0.2) is 0 Å². The topological polar surface area (TPSA) is 85.4 Å². The van der Waals surface area contributed by atoms with Gasteiger partial charge in [-0.2, -0.15) is 5.10 Å². The van der Waals surface area contributed by atoms with Gasteiger partial charge in [0, 0.05) is 38.0 Å². The number of aryl methyl sites for hydroxylation is 2. The van der Waals surface area contributed by atoms with Crippen molar-refractivity contribution in [3.8, 4) is 0 Å². The minimum Gasteiger partial charge on any atom is -0.371 e. The van der Waals surface area contributed by atoms with Gasteiger partial charge in [-0.1, -0.05) is 35.5 Å². The third-order valence-electron chi connectivity index (χ3n) is 4.80. The monoisotopic (exact) mass is 381 g/mol. The highest BCUT2D eigenvalue weighted by Gasteiger charge is 2.33. The molecule has 1 aliphatic heterocycles. The van der Waals surface area contributed by atoms with Gasteiger partial charge in [0.25, 0.3) is 0 Å².